The summed E-state index contributed by atoms with van der Waals surface area (Å²) in [4.78, 5) is 13.6. The molecule has 0 aliphatic rings. The second kappa shape index (κ2) is 8.98. The number of aromatic nitrogens is 3. The molecule has 5 aromatic rings. The molecule has 0 aliphatic carbocycles. The minimum absolute atomic E-state index is 0.498. The van der Waals surface area contributed by atoms with Crippen LogP contribution in [0.1, 0.15) is 22.3 Å². The Labute approximate surface area is 187 Å². The second-order valence-corrected chi connectivity index (χ2v) is 7.93. The molecule has 3 aromatic heterocycles. The van der Waals surface area contributed by atoms with Crippen LogP contribution in [0.2, 0.25) is 0 Å². The Morgan fingerprint density at radius 2 is 1.34 bits per heavy atom. The highest BCUT2D eigenvalue weighted by atomic mass is 14.9. The van der Waals surface area contributed by atoms with Crippen LogP contribution in [0, 0.1) is 0 Å². The number of hydrogen-bond donors (Lipinski definition) is 1. The van der Waals surface area contributed by atoms with Crippen molar-refractivity contribution in [2.24, 2.45) is 0 Å². The Bertz CT molecular complexity index is 1350. The van der Waals surface area contributed by atoms with E-state index in [1.807, 2.05) is 36.8 Å². The third-order valence-electron chi connectivity index (χ3n) is 5.86. The Morgan fingerprint density at radius 3 is 2.12 bits per heavy atom. The molecule has 0 fully saturated rings. The number of benzene rings is 2. The third-order valence-corrected chi connectivity index (χ3v) is 5.86. The molecule has 0 saturated carbocycles. The van der Waals surface area contributed by atoms with Crippen LogP contribution in [0.15, 0.2) is 97.6 Å². The summed E-state index contributed by atoms with van der Waals surface area (Å²) in [5.41, 5.74) is 13.3. The van der Waals surface area contributed by atoms with Crippen molar-refractivity contribution < 1.29 is 0 Å². The molecule has 32 heavy (non-hydrogen) atoms. The van der Waals surface area contributed by atoms with Crippen molar-refractivity contribution in [2.75, 3.05) is 5.73 Å². The van der Waals surface area contributed by atoms with Gasteiger partial charge in [-0.05, 0) is 52.6 Å². The number of hydrogen-bond acceptors (Lipinski definition) is 4. The van der Waals surface area contributed by atoms with Gasteiger partial charge in [0, 0.05) is 42.2 Å². The lowest BCUT2D eigenvalue weighted by Gasteiger charge is -2.17. The van der Waals surface area contributed by atoms with Crippen molar-refractivity contribution >= 4 is 16.6 Å². The zero-order valence-electron chi connectivity index (χ0n) is 17.8. The average Bonchev–Trinajstić information content (AvgIpc) is 2.86. The van der Waals surface area contributed by atoms with Crippen LogP contribution in [0.5, 0.6) is 0 Å². The average molecular weight is 417 g/mol. The molecule has 0 bridgehead atoms. The van der Waals surface area contributed by atoms with Crippen molar-refractivity contribution in [3.05, 3.63) is 120 Å². The van der Waals surface area contributed by atoms with Crippen LogP contribution in [0.4, 0.5) is 5.82 Å². The summed E-state index contributed by atoms with van der Waals surface area (Å²) in [6, 6.07) is 25.2. The molecule has 0 unspecified atom stereocenters. The number of aryl methyl sites for hydroxylation is 2. The van der Waals surface area contributed by atoms with Gasteiger partial charge in [0.2, 0.25) is 0 Å². The maximum atomic E-state index is 6.40. The Hall–Kier alpha value is -4.05. The van der Waals surface area contributed by atoms with Gasteiger partial charge in [0.15, 0.2) is 0 Å². The monoisotopic (exact) mass is 416 g/mol. The highest BCUT2D eigenvalue weighted by Crippen LogP contribution is 2.34. The van der Waals surface area contributed by atoms with Gasteiger partial charge in [0.05, 0.1) is 5.69 Å². The van der Waals surface area contributed by atoms with E-state index in [2.05, 4.69) is 64.6 Å². The van der Waals surface area contributed by atoms with E-state index in [1.165, 1.54) is 16.7 Å². The number of rotatable bonds is 6. The maximum Gasteiger partial charge on any atom is 0.133 e. The second-order valence-electron chi connectivity index (χ2n) is 7.93. The zero-order chi connectivity index (χ0) is 21.8. The fourth-order valence-electron chi connectivity index (χ4n) is 4.22. The van der Waals surface area contributed by atoms with Gasteiger partial charge in [-0.25, -0.2) is 4.98 Å². The summed E-state index contributed by atoms with van der Waals surface area (Å²) in [5, 5.41) is 1.97. The molecule has 5 rings (SSSR count). The van der Waals surface area contributed by atoms with Gasteiger partial charge in [0.1, 0.15) is 5.82 Å². The van der Waals surface area contributed by atoms with E-state index in [1.54, 1.807) is 6.20 Å². The smallest absolute Gasteiger partial charge is 0.133 e. The van der Waals surface area contributed by atoms with Crippen molar-refractivity contribution in [1.82, 2.24) is 15.0 Å². The van der Waals surface area contributed by atoms with Crippen LogP contribution in [0.3, 0.4) is 0 Å². The molecule has 3 heterocycles. The van der Waals surface area contributed by atoms with E-state index in [9.17, 15) is 0 Å². The summed E-state index contributed by atoms with van der Waals surface area (Å²) < 4.78 is 0. The summed E-state index contributed by atoms with van der Waals surface area (Å²) in [5.74, 6) is 0.498. The van der Waals surface area contributed by atoms with Crippen LogP contribution in [-0.2, 0) is 19.3 Å². The number of anilines is 1. The summed E-state index contributed by atoms with van der Waals surface area (Å²) in [6.45, 7) is 0. The van der Waals surface area contributed by atoms with Crippen LogP contribution < -0.4 is 5.73 Å². The SMILES string of the molecule is Nc1nc(-c2cnccc2CCc2ccccc2)c(Cc2ccccc2)c2ccncc12. The highest BCUT2D eigenvalue weighted by molar-refractivity contribution is 5.96. The first-order valence-corrected chi connectivity index (χ1v) is 10.8. The quantitative estimate of drug-likeness (QED) is 0.388. The molecular formula is C28H24N4. The first kappa shape index (κ1) is 19.9. The molecule has 0 amide bonds. The van der Waals surface area contributed by atoms with Crippen LogP contribution >= 0.6 is 0 Å². The van der Waals surface area contributed by atoms with Gasteiger partial charge >= 0.3 is 0 Å². The Balaban J connectivity index is 1.63. The molecule has 0 spiro atoms. The fourth-order valence-corrected chi connectivity index (χ4v) is 4.22. The highest BCUT2D eigenvalue weighted by Gasteiger charge is 2.17. The molecule has 0 aliphatic heterocycles. The molecule has 4 nitrogen and oxygen atoms in total. The number of nitrogen functional groups attached to an aromatic ring is 1. The van der Waals surface area contributed by atoms with Crippen molar-refractivity contribution in [1.29, 1.82) is 0 Å². The fraction of sp³-hybridized carbons (Fsp3) is 0.107. The van der Waals surface area contributed by atoms with E-state index in [4.69, 9.17) is 10.7 Å². The van der Waals surface area contributed by atoms with Gasteiger partial charge in [-0.3, -0.25) is 9.97 Å². The maximum absolute atomic E-state index is 6.40. The predicted molar refractivity (Wildman–Crippen MR) is 130 cm³/mol. The topological polar surface area (TPSA) is 64.7 Å². The molecule has 0 saturated heterocycles. The normalized spacial score (nSPS) is 11.0. The molecule has 4 heteroatoms. The van der Waals surface area contributed by atoms with Crippen molar-refractivity contribution in [3.63, 3.8) is 0 Å². The minimum Gasteiger partial charge on any atom is -0.383 e. The Morgan fingerprint density at radius 1 is 0.656 bits per heavy atom. The third kappa shape index (κ3) is 4.08. The molecular weight excluding hydrogens is 392 g/mol. The van der Waals surface area contributed by atoms with E-state index < -0.39 is 0 Å². The molecule has 0 radical (unpaired) electrons. The van der Waals surface area contributed by atoms with E-state index in [0.29, 0.717) is 5.82 Å². The standard InChI is InChI=1S/C28H24N4/c29-28-26-19-31-16-14-23(26)24(17-21-9-5-2-6-10-21)27(32-28)25-18-30-15-13-22(25)12-11-20-7-3-1-4-8-20/h1-10,13-16,18-19H,11-12,17H2,(H2,29,32). The zero-order valence-corrected chi connectivity index (χ0v) is 17.8. The summed E-state index contributed by atoms with van der Waals surface area (Å²) >= 11 is 0. The number of nitrogens with zero attached hydrogens (tertiary/aromatic N) is 3. The lowest BCUT2D eigenvalue weighted by atomic mass is 9.92. The van der Waals surface area contributed by atoms with Crippen molar-refractivity contribution in [2.45, 2.75) is 19.3 Å². The van der Waals surface area contributed by atoms with Gasteiger partial charge in [-0.1, -0.05) is 60.7 Å². The molecule has 0 atom stereocenters. The lowest BCUT2D eigenvalue weighted by Crippen LogP contribution is -2.04. The minimum atomic E-state index is 0.498. The predicted octanol–water partition coefficient (Wildman–Crippen LogP) is 5.65. The first-order valence-electron chi connectivity index (χ1n) is 10.8. The van der Waals surface area contributed by atoms with E-state index in [0.717, 1.165) is 46.9 Å². The van der Waals surface area contributed by atoms with E-state index >= 15 is 0 Å². The van der Waals surface area contributed by atoms with Gasteiger partial charge in [0.25, 0.3) is 0 Å². The van der Waals surface area contributed by atoms with Crippen molar-refractivity contribution in [3.8, 4) is 11.3 Å². The lowest BCUT2D eigenvalue weighted by molar-refractivity contribution is 0.955. The molecule has 2 N–H and O–H groups in total. The van der Waals surface area contributed by atoms with Gasteiger partial charge in [-0.2, -0.15) is 0 Å². The number of pyridine rings is 3. The number of nitrogens with two attached hydrogens (primary N) is 1. The van der Waals surface area contributed by atoms with Gasteiger partial charge < -0.3 is 5.73 Å². The molecule has 2 aromatic carbocycles. The van der Waals surface area contributed by atoms with Gasteiger partial charge in [-0.15, -0.1) is 0 Å². The number of fused-ring (bicyclic) bond motifs is 1. The summed E-state index contributed by atoms with van der Waals surface area (Å²) in [7, 11) is 0. The van der Waals surface area contributed by atoms with Crippen LogP contribution in [-0.4, -0.2) is 15.0 Å². The largest absolute Gasteiger partial charge is 0.383 e. The molecule has 156 valence electrons. The van der Waals surface area contributed by atoms with Crippen LogP contribution in [0.25, 0.3) is 22.0 Å². The Kier molecular flexibility index (Phi) is 5.58. The van der Waals surface area contributed by atoms with E-state index in [-0.39, 0.29) is 0 Å². The summed E-state index contributed by atoms with van der Waals surface area (Å²) in [6.07, 6.45) is 10.0. The first-order chi connectivity index (χ1) is 15.8.